The molecular formula is C18H16N6O. The Kier molecular flexibility index (Phi) is 3.96. The van der Waals surface area contributed by atoms with Crippen molar-refractivity contribution in [2.45, 2.75) is 6.54 Å². The maximum Gasteiger partial charge on any atom is 0.212 e. The van der Waals surface area contributed by atoms with Gasteiger partial charge in [0, 0.05) is 48.5 Å². The monoisotopic (exact) mass is 332 g/mol. The number of hydrogen-bond donors (Lipinski definition) is 1. The van der Waals surface area contributed by atoms with Crippen LogP contribution in [0.2, 0.25) is 0 Å². The molecule has 0 unspecified atom stereocenters. The van der Waals surface area contributed by atoms with E-state index in [-0.39, 0.29) is 0 Å². The minimum Gasteiger partial charge on any atom is -0.481 e. The highest BCUT2D eigenvalue weighted by molar-refractivity contribution is 5.77. The Morgan fingerprint density at radius 1 is 1.12 bits per heavy atom. The molecule has 7 heteroatoms. The summed E-state index contributed by atoms with van der Waals surface area (Å²) in [5, 5.41) is 7.67. The van der Waals surface area contributed by atoms with Crippen molar-refractivity contribution in [2.24, 2.45) is 0 Å². The molecule has 124 valence electrons. The van der Waals surface area contributed by atoms with E-state index in [0.29, 0.717) is 12.4 Å². The van der Waals surface area contributed by atoms with E-state index in [4.69, 9.17) is 4.74 Å². The fraction of sp³-hybridized carbons (Fsp3) is 0.111. The summed E-state index contributed by atoms with van der Waals surface area (Å²) >= 11 is 0. The van der Waals surface area contributed by atoms with E-state index in [2.05, 4.69) is 25.4 Å². The number of aromatic nitrogens is 5. The van der Waals surface area contributed by atoms with Gasteiger partial charge in [0.2, 0.25) is 5.88 Å². The molecule has 4 rings (SSSR count). The van der Waals surface area contributed by atoms with E-state index < -0.39 is 0 Å². The van der Waals surface area contributed by atoms with Crippen molar-refractivity contribution in [2.75, 3.05) is 12.4 Å². The van der Waals surface area contributed by atoms with Crippen molar-refractivity contribution in [3.05, 3.63) is 66.9 Å². The largest absolute Gasteiger partial charge is 0.481 e. The first-order valence-electron chi connectivity index (χ1n) is 7.81. The molecule has 25 heavy (non-hydrogen) atoms. The summed E-state index contributed by atoms with van der Waals surface area (Å²) in [5.74, 6) is 1.35. The molecule has 0 aromatic carbocycles. The Morgan fingerprint density at radius 3 is 2.84 bits per heavy atom. The van der Waals surface area contributed by atoms with Crippen molar-refractivity contribution < 1.29 is 4.74 Å². The molecule has 0 aliphatic heterocycles. The zero-order valence-corrected chi connectivity index (χ0v) is 13.6. The van der Waals surface area contributed by atoms with Gasteiger partial charge in [-0.1, -0.05) is 6.07 Å². The minimum atomic E-state index is 0.576. The number of pyridine rings is 2. The van der Waals surface area contributed by atoms with Gasteiger partial charge in [0.05, 0.1) is 13.3 Å². The first-order valence-corrected chi connectivity index (χ1v) is 7.81. The summed E-state index contributed by atoms with van der Waals surface area (Å²) in [4.78, 5) is 13.0. The summed E-state index contributed by atoms with van der Waals surface area (Å²) in [7, 11) is 1.60. The van der Waals surface area contributed by atoms with Gasteiger partial charge in [0.25, 0.3) is 0 Å². The van der Waals surface area contributed by atoms with Gasteiger partial charge in [0.1, 0.15) is 5.82 Å². The minimum absolute atomic E-state index is 0.576. The van der Waals surface area contributed by atoms with Crippen LogP contribution in [0.25, 0.3) is 16.8 Å². The molecule has 0 aliphatic carbocycles. The Hall–Kier alpha value is -3.48. The molecule has 0 saturated carbocycles. The van der Waals surface area contributed by atoms with Crippen LogP contribution in [0.5, 0.6) is 5.88 Å². The van der Waals surface area contributed by atoms with Gasteiger partial charge in [-0.3, -0.25) is 4.98 Å². The maximum atomic E-state index is 5.10. The van der Waals surface area contributed by atoms with Gasteiger partial charge < -0.3 is 10.1 Å². The van der Waals surface area contributed by atoms with Crippen LogP contribution in [0, 0.1) is 0 Å². The lowest BCUT2D eigenvalue weighted by Crippen LogP contribution is -2.03. The molecule has 0 saturated heterocycles. The normalized spacial score (nSPS) is 10.8. The van der Waals surface area contributed by atoms with Gasteiger partial charge in [-0.25, -0.2) is 14.5 Å². The van der Waals surface area contributed by atoms with Crippen molar-refractivity contribution in [1.29, 1.82) is 0 Å². The molecular weight excluding hydrogens is 316 g/mol. The van der Waals surface area contributed by atoms with Crippen molar-refractivity contribution in [3.63, 3.8) is 0 Å². The lowest BCUT2D eigenvalue weighted by atomic mass is 10.1. The average molecular weight is 332 g/mol. The third kappa shape index (κ3) is 3.12. The molecule has 0 spiro atoms. The Bertz CT molecular complexity index is 982. The van der Waals surface area contributed by atoms with Crippen LogP contribution < -0.4 is 10.1 Å². The predicted octanol–water partition coefficient (Wildman–Crippen LogP) is 2.81. The number of ether oxygens (including phenoxy) is 1. The predicted molar refractivity (Wildman–Crippen MR) is 94.3 cm³/mol. The lowest BCUT2D eigenvalue weighted by molar-refractivity contribution is 0.398. The summed E-state index contributed by atoms with van der Waals surface area (Å²) in [6.07, 6.45) is 9.02. The average Bonchev–Trinajstić information content (AvgIpc) is 3.10. The SMILES string of the molecule is COc1ccc(-c2cnn3ccc(NCc4cccnc4)nc23)cn1. The molecule has 0 atom stereocenters. The fourth-order valence-electron chi connectivity index (χ4n) is 2.53. The van der Waals surface area contributed by atoms with Crippen molar-refractivity contribution in [3.8, 4) is 17.0 Å². The molecule has 0 aliphatic rings. The molecule has 1 N–H and O–H groups in total. The number of hydrogen-bond acceptors (Lipinski definition) is 6. The summed E-state index contributed by atoms with van der Waals surface area (Å²) in [6, 6.07) is 9.60. The van der Waals surface area contributed by atoms with Crippen LogP contribution in [0.15, 0.2) is 61.3 Å². The van der Waals surface area contributed by atoms with E-state index in [1.54, 1.807) is 30.2 Å². The molecule has 0 bridgehead atoms. The van der Waals surface area contributed by atoms with Gasteiger partial charge in [-0.05, 0) is 23.8 Å². The van der Waals surface area contributed by atoms with Crippen LogP contribution in [0.1, 0.15) is 5.56 Å². The molecule has 7 nitrogen and oxygen atoms in total. The van der Waals surface area contributed by atoms with E-state index in [1.807, 2.05) is 42.7 Å². The second-order valence-electron chi connectivity index (χ2n) is 5.44. The molecule has 0 fully saturated rings. The van der Waals surface area contributed by atoms with Crippen molar-refractivity contribution in [1.82, 2.24) is 24.6 Å². The van der Waals surface area contributed by atoms with Crippen LogP contribution in [-0.2, 0) is 6.54 Å². The highest BCUT2D eigenvalue weighted by Gasteiger charge is 2.09. The second kappa shape index (κ2) is 6.56. The first kappa shape index (κ1) is 15.1. The molecule has 4 heterocycles. The Balaban J connectivity index is 1.62. The van der Waals surface area contributed by atoms with Gasteiger partial charge in [-0.15, -0.1) is 0 Å². The molecule has 4 aromatic rings. The number of nitrogens with zero attached hydrogens (tertiary/aromatic N) is 5. The topological polar surface area (TPSA) is 77.2 Å². The first-order chi connectivity index (χ1) is 12.3. The van der Waals surface area contributed by atoms with Crippen molar-refractivity contribution >= 4 is 11.5 Å². The quantitative estimate of drug-likeness (QED) is 0.605. The third-order valence-corrected chi connectivity index (χ3v) is 3.82. The van der Waals surface area contributed by atoms with E-state index in [9.17, 15) is 0 Å². The zero-order valence-electron chi connectivity index (χ0n) is 13.6. The number of rotatable bonds is 5. The number of methoxy groups -OCH3 is 1. The van der Waals surface area contributed by atoms with E-state index >= 15 is 0 Å². The highest BCUT2D eigenvalue weighted by atomic mass is 16.5. The number of nitrogens with one attached hydrogen (secondary N) is 1. The Labute approximate surface area is 144 Å². The summed E-state index contributed by atoms with van der Waals surface area (Å²) in [5.41, 5.74) is 3.72. The second-order valence-corrected chi connectivity index (χ2v) is 5.44. The number of fused-ring (bicyclic) bond motifs is 1. The standard InChI is InChI=1S/C18H16N6O/c1-25-17-5-4-14(11-21-17)15-12-22-24-8-6-16(23-18(15)24)20-10-13-3-2-7-19-9-13/h2-9,11-12H,10H2,1H3,(H,20,23). The van der Waals surface area contributed by atoms with Crippen LogP contribution in [-0.4, -0.2) is 31.7 Å². The third-order valence-electron chi connectivity index (χ3n) is 3.82. The molecule has 0 amide bonds. The van der Waals surface area contributed by atoms with E-state index in [0.717, 1.165) is 28.2 Å². The van der Waals surface area contributed by atoms with Crippen LogP contribution in [0.3, 0.4) is 0 Å². The van der Waals surface area contributed by atoms with Gasteiger partial charge in [0.15, 0.2) is 5.65 Å². The fourth-order valence-corrected chi connectivity index (χ4v) is 2.53. The van der Waals surface area contributed by atoms with E-state index in [1.165, 1.54) is 0 Å². The molecule has 0 radical (unpaired) electrons. The van der Waals surface area contributed by atoms with Crippen LogP contribution >= 0.6 is 0 Å². The molecule has 4 aromatic heterocycles. The zero-order chi connectivity index (χ0) is 17.1. The Morgan fingerprint density at radius 2 is 2.08 bits per heavy atom. The number of anilines is 1. The maximum absolute atomic E-state index is 5.10. The van der Waals surface area contributed by atoms with Gasteiger partial charge >= 0.3 is 0 Å². The van der Waals surface area contributed by atoms with Gasteiger partial charge in [-0.2, -0.15) is 5.10 Å². The lowest BCUT2D eigenvalue weighted by Gasteiger charge is -2.06. The van der Waals surface area contributed by atoms with Crippen LogP contribution in [0.4, 0.5) is 5.82 Å². The smallest absolute Gasteiger partial charge is 0.212 e. The summed E-state index contributed by atoms with van der Waals surface area (Å²) < 4.78 is 6.85. The summed E-state index contributed by atoms with van der Waals surface area (Å²) in [6.45, 7) is 0.657. The highest BCUT2D eigenvalue weighted by Crippen LogP contribution is 2.24.